The van der Waals surface area contributed by atoms with Gasteiger partial charge in [-0.15, -0.1) is 0 Å². The van der Waals surface area contributed by atoms with Crippen LogP contribution in [0, 0.1) is 0 Å². The van der Waals surface area contributed by atoms with Gasteiger partial charge >= 0.3 is 5.43 Å². The number of carbonyl (C=O) groups excluding carboxylic acids is 1. The van der Waals surface area contributed by atoms with Crippen molar-refractivity contribution in [1.29, 1.82) is 0 Å². The summed E-state index contributed by atoms with van der Waals surface area (Å²) >= 11 is 4.75. The fourth-order valence-corrected chi connectivity index (χ4v) is 0.187. The molecule has 0 heterocycles. The van der Waals surface area contributed by atoms with Crippen molar-refractivity contribution in [1.82, 2.24) is 0 Å². The SMILES string of the molecule is C=CCOC(=O)Cl.O. The van der Waals surface area contributed by atoms with Crippen molar-refractivity contribution in [2.24, 2.45) is 0 Å². The molecule has 48 valence electrons. The van der Waals surface area contributed by atoms with Crippen LogP contribution in [0.2, 0.25) is 0 Å². The second kappa shape index (κ2) is 6.46. The number of hydrogen-bond acceptors (Lipinski definition) is 2. The summed E-state index contributed by atoms with van der Waals surface area (Å²) in [4.78, 5) is 9.70. The van der Waals surface area contributed by atoms with Crippen LogP contribution >= 0.6 is 11.6 Å². The molecule has 0 spiro atoms. The molecule has 0 aromatic heterocycles. The lowest BCUT2D eigenvalue weighted by Crippen LogP contribution is -1.90. The summed E-state index contributed by atoms with van der Waals surface area (Å²) in [6.07, 6.45) is 1.44. The van der Waals surface area contributed by atoms with E-state index in [1.807, 2.05) is 0 Å². The molecule has 0 bridgehead atoms. The molecule has 0 aromatic carbocycles. The van der Waals surface area contributed by atoms with Crippen molar-refractivity contribution >= 4 is 17.0 Å². The molecule has 0 atom stereocenters. The van der Waals surface area contributed by atoms with Crippen LogP contribution < -0.4 is 0 Å². The van der Waals surface area contributed by atoms with Crippen LogP contribution in [0.25, 0.3) is 0 Å². The van der Waals surface area contributed by atoms with E-state index in [-0.39, 0.29) is 12.1 Å². The third-order valence-corrected chi connectivity index (χ3v) is 0.424. The lowest BCUT2D eigenvalue weighted by Gasteiger charge is -1.88. The van der Waals surface area contributed by atoms with Gasteiger partial charge in [-0.2, -0.15) is 0 Å². The Hall–Kier alpha value is -0.540. The molecule has 0 amide bonds. The Balaban J connectivity index is 0. The topological polar surface area (TPSA) is 57.8 Å². The Kier molecular flexibility index (Phi) is 8.43. The first-order valence-corrected chi connectivity index (χ1v) is 2.08. The summed E-state index contributed by atoms with van der Waals surface area (Å²) in [6.45, 7) is 3.48. The largest absolute Gasteiger partial charge is 0.449 e. The molecule has 0 fully saturated rings. The lowest BCUT2D eigenvalue weighted by molar-refractivity contribution is 0.186. The molecule has 2 N–H and O–H groups in total. The molecule has 0 rings (SSSR count). The summed E-state index contributed by atoms with van der Waals surface area (Å²) in [5, 5.41) is 0. The standard InChI is InChI=1S/C4H5ClO2.H2O/c1-2-3-7-4(5)6;/h2H,1,3H2;1H2. The summed E-state index contributed by atoms with van der Waals surface area (Å²) in [5.41, 5.74) is -0.792. The normalized spacial score (nSPS) is 6.62. The van der Waals surface area contributed by atoms with E-state index < -0.39 is 5.43 Å². The smallest absolute Gasteiger partial charge is 0.404 e. The van der Waals surface area contributed by atoms with Crippen molar-refractivity contribution in [3.63, 3.8) is 0 Å². The number of ether oxygens (including phenoxy) is 1. The van der Waals surface area contributed by atoms with Gasteiger partial charge in [-0.25, -0.2) is 4.79 Å². The summed E-state index contributed by atoms with van der Waals surface area (Å²) in [6, 6.07) is 0. The van der Waals surface area contributed by atoms with Crippen molar-refractivity contribution in [3.05, 3.63) is 12.7 Å². The molecule has 3 nitrogen and oxygen atoms in total. The van der Waals surface area contributed by atoms with E-state index in [0.717, 1.165) is 0 Å². The maximum atomic E-state index is 9.70. The van der Waals surface area contributed by atoms with Gasteiger partial charge in [0.15, 0.2) is 0 Å². The highest BCUT2D eigenvalue weighted by atomic mass is 35.5. The van der Waals surface area contributed by atoms with E-state index >= 15 is 0 Å². The summed E-state index contributed by atoms with van der Waals surface area (Å²) in [5.74, 6) is 0. The Morgan fingerprint density at radius 3 is 2.50 bits per heavy atom. The number of halogens is 1. The van der Waals surface area contributed by atoms with E-state index in [4.69, 9.17) is 11.6 Å². The van der Waals surface area contributed by atoms with Gasteiger partial charge in [-0.1, -0.05) is 12.7 Å². The fraction of sp³-hybridized carbons (Fsp3) is 0.250. The van der Waals surface area contributed by atoms with Crippen LogP contribution in [-0.4, -0.2) is 17.5 Å². The molecule has 0 unspecified atom stereocenters. The highest BCUT2D eigenvalue weighted by molar-refractivity contribution is 6.61. The zero-order chi connectivity index (χ0) is 5.70. The van der Waals surface area contributed by atoms with Gasteiger partial charge in [0.2, 0.25) is 0 Å². The highest BCUT2D eigenvalue weighted by Gasteiger charge is 1.87. The van der Waals surface area contributed by atoms with E-state index in [1.165, 1.54) is 6.08 Å². The first-order valence-electron chi connectivity index (χ1n) is 1.70. The quantitative estimate of drug-likeness (QED) is 0.417. The maximum Gasteiger partial charge on any atom is 0.404 e. The van der Waals surface area contributed by atoms with Crippen molar-refractivity contribution in [2.45, 2.75) is 0 Å². The lowest BCUT2D eigenvalue weighted by atomic mass is 10.7. The predicted octanol–water partition coefficient (Wildman–Crippen LogP) is 0.723. The maximum absolute atomic E-state index is 9.70. The number of carbonyl (C=O) groups is 1. The average Bonchev–Trinajstić information content (AvgIpc) is 1.61. The first kappa shape index (κ1) is 10.4. The van der Waals surface area contributed by atoms with E-state index in [1.54, 1.807) is 0 Å². The summed E-state index contributed by atoms with van der Waals surface area (Å²) in [7, 11) is 0. The fourth-order valence-electron chi connectivity index (χ4n) is 0.124. The monoisotopic (exact) mass is 138 g/mol. The second-order valence-electron chi connectivity index (χ2n) is 0.837. The van der Waals surface area contributed by atoms with E-state index in [0.29, 0.717) is 0 Å². The van der Waals surface area contributed by atoms with Gasteiger partial charge in [-0.05, 0) is 0 Å². The van der Waals surface area contributed by atoms with E-state index in [9.17, 15) is 4.79 Å². The molecule has 0 radical (unpaired) electrons. The first-order chi connectivity index (χ1) is 3.27. The molecule has 0 saturated carbocycles. The van der Waals surface area contributed by atoms with Gasteiger partial charge in [-0.3, -0.25) is 0 Å². The minimum absolute atomic E-state index is 0. The van der Waals surface area contributed by atoms with Crippen molar-refractivity contribution in [2.75, 3.05) is 6.61 Å². The second-order valence-corrected chi connectivity index (χ2v) is 1.15. The van der Waals surface area contributed by atoms with Gasteiger partial charge in [0.25, 0.3) is 0 Å². The molecule has 0 aliphatic carbocycles. The third kappa shape index (κ3) is 9.07. The molecule has 4 heteroatoms. The van der Waals surface area contributed by atoms with Crippen LogP contribution in [0.3, 0.4) is 0 Å². The predicted molar refractivity (Wildman–Crippen MR) is 31.0 cm³/mol. The minimum Gasteiger partial charge on any atom is -0.449 e. The van der Waals surface area contributed by atoms with Gasteiger partial charge in [0.1, 0.15) is 6.61 Å². The molecule has 0 aliphatic rings. The number of hydrogen-bond donors (Lipinski definition) is 0. The highest BCUT2D eigenvalue weighted by Crippen LogP contribution is 1.84. The Morgan fingerprint density at radius 2 is 2.38 bits per heavy atom. The molecule has 0 aromatic rings. The van der Waals surface area contributed by atoms with Crippen LogP contribution in [-0.2, 0) is 4.74 Å². The average molecular weight is 139 g/mol. The van der Waals surface area contributed by atoms with Crippen LogP contribution in [0.5, 0.6) is 0 Å². The van der Waals surface area contributed by atoms with Crippen LogP contribution in [0.4, 0.5) is 4.79 Å². The molecular formula is C4H7ClO3. The van der Waals surface area contributed by atoms with Gasteiger partial charge < -0.3 is 10.2 Å². The Labute approximate surface area is 52.2 Å². The molecular weight excluding hydrogens is 131 g/mol. The van der Waals surface area contributed by atoms with Gasteiger partial charge in [0.05, 0.1) is 0 Å². The van der Waals surface area contributed by atoms with Crippen molar-refractivity contribution in [3.8, 4) is 0 Å². The van der Waals surface area contributed by atoms with Crippen LogP contribution in [0.15, 0.2) is 12.7 Å². The Bertz CT molecular complexity index is 81.4. The molecule has 0 aliphatic heterocycles. The zero-order valence-corrected chi connectivity index (χ0v) is 4.94. The van der Waals surface area contributed by atoms with Crippen molar-refractivity contribution < 1.29 is 15.0 Å². The van der Waals surface area contributed by atoms with Gasteiger partial charge in [0, 0.05) is 11.6 Å². The molecule has 0 saturated heterocycles. The zero-order valence-electron chi connectivity index (χ0n) is 4.19. The molecule has 8 heavy (non-hydrogen) atoms. The summed E-state index contributed by atoms with van der Waals surface area (Å²) < 4.78 is 4.20. The van der Waals surface area contributed by atoms with Crippen LogP contribution in [0.1, 0.15) is 0 Å². The third-order valence-electron chi connectivity index (χ3n) is 0.315. The van der Waals surface area contributed by atoms with E-state index in [2.05, 4.69) is 11.3 Å². The Morgan fingerprint density at radius 1 is 1.88 bits per heavy atom. The minimum atomic E-state index is -0.792. The number of rotatable bonds is 2.